The van der Waals surface area contributed by atoms with E-state index in [1.165, 1.54) is 37.1 Å². The van der Waals surface area contributed by atoms with E-state index >= 15 is 0 Å². The summed E-state index contributed by atoms with van der Waals surface area (Å²) in [7, 11) is 3.67. The highest BCUT2D eigenvalue weighted by Gasteiger charge is 2.17. The van der Waals surface area contributed by atoms with Gasteiger partial charge in [-0.2, -0.15) is 5.10 Å². The van der Waals surface area contributed by atoms with Gasteiger partial charge in [0.2, 0.25) is 0 Å². The molecule has 1 unspecified atom stereocenters. The summed E-state index contributed by atoms with van der Waals surface area (Å²) in [6.07, 6.45) is 4.22. The van der Waals surface area contributed by atoms with E-state index in [4.69, 9.17) is 0 Å². The van der Waals surface area contributed by atoms with E-state index in [0.29, 0.717) is 6.54 Å². The van der Waals surface area contributed by atoms with Crippen LogP contribution >= 0.6 is 0 Å². The van der Waals surface area contributed by atoms with Crippen molar-refractivity contribution in [2.75, 3.05) is 20.1 Å². The molecule has 1 aliphatic heterocycles. The van der Waals surface area contributed by atoms with Crippen LogP contribution in [0, 0.1) is 5.92 Å². The molecule has 7 nitrogen and oxygen atoms in total. The number of hydrogen-bond acceptors (Lipinski definition) is 4. The number of piperidine rings is 1. The van der Waals surface area contributed by atoms with Crippen molar-refractivity contribution in [2.24, 2.45) is 18.0 Å². The molecular weight excluding hydrogens is 338 g/mol. The van der Waals surface area contributed by atoms with Gasteiger partial charge in [0.05, 0.1) is 6.54 Å². The summed E-state index contributed by atoms with van der Waals surface area (Å²) in [6, 6.07) is 8.68. The predicted octanol–water partition coefficient (Wildman–Crippen LogP) is 1.91. The lowest BCUT2D eigenvalue weighted by atomic mass is 9.99. The standard InChI is InChI=1S/C20H31N7/c1-16-7-6-10-27(13-16)14-18-9-5-4-8-17(18)11-22-20(21-2)23-12-19-24-15-25-26(19)3/h4-5,8-9,15-16H,6-7,10-14H2,1-3H3,(H2,21,22,23). The fraction of sp³-hybridized carbons (Fsp3) is 0.550. The second-order valence-electron chi connectivity index (χ2n) is 7.33. The Bertz CT molecular complexity index is 752. The van der Waals surface area contributed by atoms with Crippen LogP contribution in [0.5, 0.6) is 0 Å². The number of nitrogens with one attached hydrogen (secondary N) is 2. The maximum Gasteiger partial charge on any atom is 0.191 e. The Kier molecular flexibility index (Phi) is 6.81. The zero-order valence-electron chi connectivity index (χ0n) is 16.6. The maximum atomic E-state index is 4.31. The number of aliphatic imine (C=N–C) groups is 1. The number of hydrogen-bond donors (Lipinski definition) is 2. The molecule has 2 N–H and O–H groups in total. The van der Waals surface area contributed by atoms with Crippen LogP contribution in [0.2, 0.25) is 0 Å². The minimum atomic E-state index is 0.587. The minimum absolute atomic E-state index is 0.587. The van der Waals surface area contributed by atoms with Crippen molar-refractivity contribution in [3.05, 3.63) is 47.5 Å². The number of nitrogens with zero attached hydrogens (tertiary/aromatic N) is 5. The first-order valence-corrected chi connectivity index (χ1v) is 9.72. The van der Waals surface area contributed by atoms with Crippen molar-refractivity contribution in [3.8, 4) is 0 Å². The molecule has 7 heteroatoms. The third-order valence-electron chi connectivity index (χ3n) is 5.14. The first-order valence-electron chi connectivity index (χ1n) is 9.72. The highest BCUT2D eigenvalue weighted by Crippen LogP contribution is 2.19. The molecule has 146 valence electrons. The molecule has 1 aromatic carbocycles. The normalized spacial score (nSPS) is 18.5. The van der Waals surface area contributed by atoms with Gasteiger partial charge in [0.1, 0.15) is 12.2 Å². The van der Waals surface area contributed by atoms with Crippen LogP contribution < -0.4 is 10.6 Å². The Hall–Kier alpha value is -2.41. The molecule has 1 atom stereocenters. The van der Waals surface area contributed by atoms with Crippen molar-refractivity contribution in [2.45, 2.75) is 39.4 Å². The molecule has 0 saturated carbocycles. The fourth-order valence-corrected chi connectivity index (χ4v) is 3.60. The van der Waals surface area contributed by atoms with Gasteiger partial charge in [-0.05, 0) is 36.4 Å². The summed E-state index contributed by atoms with van der Waals surface area (Å²) >= 11 is 0. The van der Waals surface area contributed by atoms with Gasteiger partial charge in [0, 0.05) is 33.7 Å². The van der Waals surface area contributed by atoms with Crippen LogP contribution in [0.4, 0.5) is 0 Å². The quantitative estimate of drug-likeness (QED) is 0.601. The van der Waals surface area contributed by atoms with Crippen LogP contribution in [0.15, 0.2) is 35.6 Å². The number of aromatic nitrogens is 3. The maximum absolute atomic E-state index is 4.31. The van der Waals surface area contributed by atoms with Gasteiger partial charge in [-0.1, -0.05) is 31.2 Å². The predicted molar refractivity (Wildman–Crippen MR) is 108 cm³/mol. The summed E-state index contributed by atoms with van der Waals surface area (Å²) in [6.45, 7) is 7.11. The van der Waals surface area contributed by atoms with E-state index in [0.717, 1.165) is 30.8 Å². The topological polar surface area (TPSA) is 70.4 Å². The second kappa shape index (κ2) is 9.50. The zero-order chi connectivity index (χ0) is 19.1. The molecule has 3 rings (SSSR count). The van der Waals surface area contributed by atoms with E-state index in [1.807, 2.05) is 7.05 Å². The van der Waals surface area contributed by atoms with Gasteiger partial charge in [-0.3, -0.25) is 14.6 Å². The van der Waals surface area contributed by atoms with E-state index in [9.17, 15) is 0 Å². The lowest BCUT2D eigenvalue weighted by Crippen LogP contribution is -2.37. The first-order chi connectivity index (χ1) is 13.2. The molecule has 2 heterocycles. The average Bonchev–Trinajstić information content (AvgIpc) is 3.08. The Morgan fingerprint density at radius 1 is 1.22 bits per heavy atom. The third kappa shape index (κ3) is 5.53. The molecule has 0 spiro atoms. The Morgan fingerprint density at radius 2 is 2.00 bits per heavy atom. The van der Waals surface area contributed by atoms with Crippen molar-refractivity contribution < 1.29 is 0 Å². The number of likely N-dealkylation sites (tertiary alicyclic amines) is 1. The highest BCUT2D eigenvalue weighted by atomic mass is 15.3. The van der Waals surface area contributed by atoms with Crippen LogP contribution in [0.3, 0.4) is 0 Å². The average molecular weight is 370 g/mol. The van der Waals surface area contributed by atoms with Gasteiger partial charge in [-0.15, -0.1) is 0 Å². The molecule has 1 aliphatic rings. The molecule has 1 saturated heterocycles. The van der Waals surface area contributed by atoms with Crippen molar-refractivity contribution in [3.63, 3.8) is 0 Å². The van der Waals surface area contributed by atoms with Gasteiger partial charge in [0.15, 0.2) is 5.96 Å². The van der Waals surface area contributed by atoms with E-state index < -0.39 is 0 Å². The summed E-state index contributed by atoms with van der Waals surface area (Å²) < 4.78 is 1.76. The van der Waals surface area contributed by atoms with E-state index in [1.54, 1.807) is 18.1 Å². The van der Waals surface area contributed by atoms with Gasteiger partial charge >= 0.3 is 0 Å². The highest BCUT2D eigenvalue weighted by molar-refractivity contribution is 5.79. The molecule has 1 aromatic heterocycles. The molecule has 0 bridgehead atoms. The van der Waals surface area contributed by atoms with Gasteiger partial charge in [-0.25, -0.2) is 4.98 Å². The van der Waals surface area contributed by atoms with Gasteiger partial charge in [0.25, 0.3) is 0 Å². The van der Waals surface area contributed by atoms with E-state index in [2.05, 4.69) is 61.8 Å². The number of aryl methyl sites for hydroxylation is 1. The zero-order valence-corrected chi connectivity index (χ0v) is 16.6. The Labute approximate surface area is 161 Å². The SMILES string of the molecule is CN=C(NCc1ccccc1CN1CCCC(C)C1)NCc1ncnn1C. The van der Waals surface area contributed by atoms with Crippen LogP contribution in [-0.4, -0.2) is 45.8 Å². The Balaban J connectivity index is 1.56. The van der Waals surface area contributed by atoms with E-state index in [-0.39, 0.29) is 0 Å². The molecule has 0 aliphatic carbocycles. The van der Waals surface area contributed by atoms with Crippen molar-refractivity contribution in [1.82, 2.24) is 30.3 Å². The molecule has 1 fully saturated rings. The summed E-state index contributed by atoms with van der Waals surface area (Å²) in [4.78, 5) is 11.1. The second-order valence-corrected chi connectivity index (χ2v) is 7.33. The third-order valence-corrected chi connectivity index (χ3v) is 5.14. The largest absolute Gasteiger partial charge is 0.352 e. The number of benzene rings is 1. The number of guanidine groups is 1. The molecule has 0 radical (unpaired) electrons. The monoisotopic (exact) mass is 369 g/mol. The fourth-order valence-electron chi connectivity index (χ4n) is 3.60. The van der Waals surface area contributed by atoms with Crippen molar-refractivity contribution >= 4 is 5.96 Å². The summed E-state index contributed by atoms with van der Waals surface area (Å²) in [5.41, 5.74) is 2.71. The lowest BCUT2D eigenvalue weighted by Gasteiger charge is -2.31. The van der Waals surface area contributed by atoms with Crippen molar-refractivity contribution in [1.29, 1.82) is 0 Å². The Morgan fingerprint density at radius 3 is 2.70 bits per heavy atom. The molecule has 2 aromatic rings. The molecule has 27 heavy (non-hydrogen) atoms. The van der Waals surface area contributed by atoms with Crippen LogP contribution in [-0.2, 0) is 26.7 Å². The van der Waals surface area contributed by atoms with Gasteiger partial charge < -0.3 is 10.6 Å². The number of rotatable bonds is 6. The van der Waals surface area contributed by atoms with Crippen LogP contribution in [0.1, 0.15) is 36.7 Å². The van der Waals surface area contributed by atoms with Crippen LogP contribution in [0.25, 0.3) is 0 Å². The lowest BCUT2D eigenvalue weighted by molar-refractivity contribution is 0.176. The smallest absolute Gasteiger partial charge is 0.191 e. The molecular formula is C20H31N7. The minimum Gasteiger partial charge on any atom is -0.352 e. The molecule has 0 amide bonds. The summed E-state index contributed by atoms with van der Waals surface area (Å²) in [5.74, 6) is 2.43. The summed E-state index contributed by atoms with van der Waals surface area (Å²) in [5, 5.41) is 10.8. The first kappa shape index (κ1) is 19.4.